The molecule has 1 amide bonds. The van der Waals surface area contributed by atoms with E-state index in [0.717, 1.165) is 4.31 Å². The first-order valence-electron chi connectivity index (χ1n) is 8.61. The van der Waals surface area contributed by atoms with Gasteiger partial charge in [0, 0.05) is 20.2 Å². The fourth-order valence-corrected chi connectivity index (χ4v) is 3.48. The molecule has 0 aliphatic heterocycles. The summed E-state index contributed by atoms with van der Waals surface area (Å²) in [6.07, 6.45) is 2.86. The number of benzene rings is 2. The van der Waals surface area contributed by atoms with Crippen LogP contribution in [0.2, 0.25) is 0 Å². The number of hydrogen-bond donors (Lipinski definition) is 1. The van der Waals surface area contributed by atoms with Crippen LogP contribution in [0.3, 0.4) is 0 Å². The minimum Gasteiger partial charge on any atom is -0.495 e. The first-order valence-corrected chi connectivity index (χ1v) is 10.0. The van der Waals surface area contributed by atoms with Crippen LogP contribution in [0.25, 0.3) is 6.08 Å². The van der Waals surface area contributed by atoms with E-state index in [9.17, 15) is 13.2 Å². The molecule has 0 bridgehead atoms. The number of ether oxygens (including phenoxy) is 2. The number of amides is 1. The molecule has 0 atom stereocenters. The molecule has 0 aromatic heterocycles. The molecule has 0 aliphatic rings. The predicted octanol–water partition coefficient (Wildman–Crippen LogP) is 3.00. The van der Waals surface area contributed by atoms with Gasteiger partial charge in [0.2, 0.25) is 15.9 Å². The molecule has 0 saturated carbocycles. The molecular weight excluding hydrogens is 380 g/mol. The molecule has 1 N–H and O–H groups in total. The minimum absolute atomic E-state index is 0.0317. The van der Waals surface area contributed by atoms with Gasteiger partial charge in [0.05, 0.1) is 19.4 Å². The summed E-state index contributed by atoms with van der Waals surface area (Å²) in [5.41, 5.74) is 1.11. The second-order valence-corrected chi connectivity index (χ2v) is 8.07. The lowest BCUT2D eigenvalue weighted by Crippen LogP contribution is -2.22. The van der Waals surface area contributed by atoms with Gasteiger partial charge >= 0.3 is 0 Å². The summed E-state index contributed by atoms with van der Waals surface area (Å²) in [7, 11) is 0.612. The van der Waals surface area contributed by atoms with Gasteiger partial charge in [-0.15, -0.1) is 0 Å². The minimum atomic E-state index is -3.68. The third-order valence-electron chi connectivity index (χ3n) is 3.82. The molecule has 0 aliphatic carbocycles. The lowest BCUT2D eigenvalue weighted by atomic mass is 10.2. The molecule has 150 valence electrons. The summed E-state index contributed by atoms with van der Waals surface area (Å²) in [5.74, 6) is 0.455. The molecule has 0 heterocycles. The Balaban J connectivity index is 2.24. The van der Waals surface area contributed by atoms with Crippen LogP contribution in [0.5, 0.6) is 11.5 Å². The molecule has 7 nitrogen and oxygen atoms in total. The number of nitrogens with one attached hydrogen (secondary N) is 1. The molecule has 2 aromatic carbocycles. The van der Waals surface area contributed by atoms with Gasteiger partial charge < -0.3 is 14.8 Å². The summed E-state index contributed by atoms with van der Waals surface area (Å²) in [5, 5.41) is 2.75. The standard InChI is InChI=1S/C20H24N2O5S/c1-5-27-17-9-7-6-8-16(17)21-20(23)13-11-15-10-12-18(26-4)19(14-15)28(24,25)22(2)3/h6-14H,5H2,1-4H3,(H,21,23)/b13-11+. The first-order chi connectivity index (χ1) is 13.3. The van der Waals surface area contributed by atoms with Crippen molar-refractivity contribution in [3.05, 3.63) is 54.1 Å². The Hall–Kier alpha value is -2.84. The zero-order chi connectivity index (χ0) is 20.7. The quantitative estimate of drug-likeness (QED) is 0.684. The van der Waals surface area contributed by atoms with E-state index >= 15 is 0 Å². The molecular formula is C20H24N2O5S. The number of nitrogens with zero attached hydrogens (tertiary/aromatic N) is 1. The number of carbonyl (C=O) groups excluding carboxylic acids is 1. The lowest BCUT2D eigenvalue weighted by molar-refractivity contribution is -0.111. The average molecular weight is 404 g/mol. The van der Waals surface area contributed by atoms with Crippen molar-refractivity contribution in [2.24, 2.45) is 0 Å². The number of para-hydroxylation sites is 2. The van der Waals surface area contributed by atoms with Crippen LogP contribution >= 0.6 is 0 Å². The molecule has 8 heteroatoms. The predicted molar refractivity (Wildman–Crippen MR) is 109 cm³/mol. The molecule has 0 saturated heterocycles. The second-order valence-electron chi connectivity index (χ2n) is 5.95. The zero-order valence-electron chi connectivity index (χ0n) is 16.3. The largest absolute Gasteiger partial charge is 0.495 e. The van der Waals surface area contributed by atoms with Gasteiger partial charge in [-0.25, -0.2) is 12.7 Å². The van der Waals surface area contributed by atoms with Crippen molar-refractivity contribution >= 4 is 27.7 Å². The number of sulfonamides is 1. The van der Waals surface area contributed by atoms with Crippen molar-refractivity contribution in [3.63, 3.8) is 0 Å². The Morgan fingerprint density at radius 2 is 1.86 bits per heavy atom. The zero-order valence-corrected chi connectivity index (χ0v) is 17.1. The van der Waals surface area contributed by atoms with Gasteiger partial charge in [0.15, 0.2) is 0 Å². The Labute approximate surface area is 165 Å². The van der Waals surface area contributed by atoms with Crippen LogP contribution in [0.1, 0.15) is 12.5 Å². The molecule has 0 spiro atoms. The van der Waals surface area contributed by atoms with E-state index in [1.54, 1.807) is 30.3 Å². The summed E-state index contributed by atoms with van der Waals surface area (Å²) >= 11 is 0. The van der Waals surface area contributed by atoms with Crippen LogP contribution in [0.4, 0.5) is 5.69 Å². The summed E-state index contributed by atoms with van der Waals surface area (Å²) in [6.45, 7) is 2.35. The fourth-order valence-electron chi connectivity index (χ4n) is 2.39. The Kier molecular flexibility index (Phi) is 7.19. The summed E-state index contributed by atoms with van der Waals surface area (Å²) < 4.78 is 36.7. The van der Waals surface area contributed by atoms with Crippen LogP contribution in [-0.4, -0.2) is 46.4 Å². The van der Waals surface area contributed by atoms with Gasteiger partial charge in [-0.1, -0.05) is 18.2 Å². The van der Waals surface area contributed by atoms with Crippen molar-refractivity contribution in [1.29, 1.82) is 0 Å². The van der Waals surface area contributed by atoms with Crippen LogP contribution in [0.15, 0.2) is 53.4 Å². The maximum Gasteiger partial charge on any atom is 0.248 e. The topological polar surface area (TPSA) is 84.9 Å². The average Bonchev–Trinajstić information content (AvgIpc) is 2.67. The van der Waals surface area contributed by atoms with Crippen molar-refractivity contribution in [3.8, 4) is 11.5 Å². The van der Waals surface area contributed by atoms with Gasteiger partial charge in [-0.05, 0) is 42.8 Å². The normalized spacial score (nSPS) is 11.6. The van der Waals surface area contributed by atoms with Gasteiger partial charge in [-0.3, -0.25) is 4.79 Å². The van der Waals surface area contributed by atoms with E-state index in [1.807, 2.05) is 13.0 Å². The summed E-state index contributed by atoms with van der Waals surface area (Å²) in [6, 6.07) is 11.8. The lowest BCUT2D eigenvalue weighted by Gasteiger charge is -2.15. The number of hydrogen-bond acceptors (Lipinski definition) is 5. The monoisotopic (exact) mass is 404 g/mol. The van der Waals surface area contributed by atoms with Crippen LogP contribution in [-0.2, 0) is 14.8 Å². The van der Waals surface area contributed by atoms with Crippen LogP contribution in [0, 0.1) is 0 Å². The van der Waals surface area contributed by atoms with E-state index < -0.39 is 10.0 Å². The molecule has 0 unspecified atom stereocenters. The highest BCUT2D eigenvalue weighted by Crippen LogP contribution is 2.27. The van der Waals surface area contributed by atoms with E-state index in [0.29, 0.717) is 23.6 Å². The van der Waals surface area contributed by atoms with E-state index in [-0.39, 0.29) is 16.6 Å². The van der Waals surface area contributed by atoms with Crippen molar-refractivity contribution < 1.29 is 22.7 Å². The Bertz CT molecular complexity index is 968. The second kappa shape index (κ2) is 9.38. The number of rotatable bonds is 8. The highest BCUT2D eigenvalue weighted by atomic mass is 32.2. The summed E-state index contributed by atoms with van der Waals surface area (Å²) in [4.78, 5) is 12.3. The van der Waals surface area contributed by atoms with E-state index in [2.05, 4.69) is 5.32 Å². The Morgan fingerprint density at radius 1 is 1.14 bits per heavy atom. The van der Waals surface area contributed by atoms with Crippen LogP contribution < -0.4 is 14.8 Å². The molecule has 28 heavy (non-hydrogen) atoms. The fraction of sp³-hybridized carbons (Fsp3) is 0.250. The highest BCUT2D eigenvalue weighted by Gasteiger charge is 2.22. The van der Waals surface area contributed by atoms with E-state index in [1.165, 1.54) is 39.4 Å². The molecule has 0 fully saturated rings. The molecule has 0 radical (unpaired) electrons. The van der Waals surface area contributed by atoms with Crippen molar-refractivity contribution in [2.75, 3.05) is 33.1 Å². The molecule has 2 aromatic rings. The number of anilines is 1. The van der Waals surface area contributed by atoms with E-state index in [4.69, 9.17) is 9.47 Å². The number of carbonyl (C=O) groups is 1. The Morgan fingerprint density at radius 3 is 2.50 bits per heavy atom. The van der Waals surface area contributed by atoms with Gasteiger partial charge in [0.25, 0.3) is 0 Å². The maximum atomic E-state index is 12.5. The molecule has 2 rings (SSSR count). The SMILES string of the molecule is CCOc1ccccc1NC(=O)/C=C/c1ccc(OC)c(S(=O)(=O)N(C)C)c1. The van der Waals surface area contributed by atoms with Crippen molar-refractivity contribution in [2.45, 2.75) is 11.8 Å². The van der Waals surface area contributed by atoms with Crippen molar-refractivity contribution in [1.82, 2.24) is 4.31 Å². The van der Waals surface area contributed by atoms with Gasteiger partial charge in [0.1, 0.15) is 16.4 Å². The number of methoxy groups -OCH3 is 1. The smallest absolute Gasteiger partial charge is 0.248 e. The maximum absolute atomic E-state index is 12.5. The highest BCUT2D eigenvalue weighted by molar-refractivity contribution is 7.89. The first kappa shape index (κ1) is 21.5. The third kappa shape index (κ3) is 5.11. The third-order valence-corrected chi connectivity index (χ3v) is 5.65. The van der Waals surface area contributed by atoms with Gasteiger partial charge in [-0.2, -0.15) is 0 Å².